The van der Waals surface area contributed by atoms with Gasteiger partial charge in [0.25, 0.3) is 0 Å². The fourth-order valence-corrected chi connectivity index (χ4v) is 5.57. The maximum Gasteiger partial charge on any atom is 0.0634 e. The predicted molar refractivity (Wildman–Crippen MR) is 83.0 cm³/mol. The summed E-state index contributed by atoms with van der Waals surface area (Å²) in [4.78, 5) is 0. The van der Waals surface area contributed by atoms with Crippen LogP contribution >= 0.6 is 23.5 Å². The normalized spacial score (nSPS) is 24.2. The molecule has 0 radical (unpaired) electrons. The second-order valence-corrected chi connectivity index (χ2v) is 8.02. The van der Waals surface area contributed by atoms with Crippen molar-refractivity contribution in [1.29, 1.82) is 0 Å². The molecule has 106 valence electrons. The van der Waals surface area contributed by atoms with Gasteiger partial charge in [0.05, 0.1) is 17.3 Å². The molecule has 1 heterocycles. The van der Waals surface area contributed by atoms with Crippen LogP contribution in [0, 0.1) is 17.8 Å². The van der Waals surface area contributed by atoms with Crippen LogP contribution in [0.3, 0.4) is 0 Å². The molecule has 1 aliphatic rings. The van der Waals surface area contributed by atoms with E-state index in [4.69, 9.17) is 0 Å². The Kier molecular flexibility index (Phi) is 7.76. The van der Waals surface area contributed by atoms with Crippen LogP contribution in [0.2, 0.25) is 0 Å². The van der Waals surface area contributed by atoms with Crippen LogP contribution in [0.25, 0.3) is 0 Å². The van der Waals surface area contributed by atoms with Crippen LogP contribution in [0.4, 0.5) is 0 Å². The highest BCUT2D eigenvalue weighted by Gasteiger charge is 2.33. The molecule has 4 heteroatoms. The Bertz CT molecular complexity index is 242. The van der Waals surface area contributed by atoms with Gasteiger partial charge >= 0.3 is 0 Å². The van der Waals surface area contributed by atoms with Gasteiger partial charge in [0.1, 0.15) is 0 Å². The lowest BCUT2D eigenvalue weighted by molar-refractivity contribution is 0.0298. The predicted octanol–water partition coefficient (Wildman–Crippen LogP) is 3.00. The second-order valence-electron chi connectivity index (χ2n) is 5.23. The minimum Gasteiger partial charge on any atom is -0.396 e. The van der Waals surface area contributed by atoms with Crippen molar-refractivity contribution < 1.29 is 10.2 Å². The molecule has 1 rings (SSSR count). The molecule has 1 saturated heterocycles. The first-order valence-electron chi connectivity index (χ1n) is 6.74. The van der Waals surface area contributed by atoms with Crippen molar-refractivity contribution in [3.8, 4) is 0 Å². The molecule has 0 aliphatic carbocycles. The molecule has 0 aromatic carbocycles. The molecule has 1 fully saturated rings. The van der Waals surface area contributed by atoms with Crippen molar-refractivity contribution in [1.82, 2.24) is 0 Å². The maximum absolute atomic E-state index is 10.5. The fraction of sp³-hybridized carbons (Fsp3) is 0.857. The summed E-state index contributed by atoms with van der Waals surface area (Å²) in [5.41, 5.74) is 0. The monoisotopic (exact) mass is 290 g/mol. The lowest BCUT2D eigenvalue weighted by Gasteiger charge is -2.34. The zero-order valence-corrected chi connectivity index (χ0v) is 13.1. The van der Waals surface area contributed by atoms with Gasteiger partial charge in [0.15, 0.2) is 0 Å². The lowest BCUT2D eigenvalue weighted by Crippen LogP contribution is -2.37. The van der Waals surface area contributed by atoms with Crippen molar-refractivity contribution in [2.45, 2.75) is 37.4 Å². The Labute approximate surface area is 120 Å². The van der Waals surface area contributed by atoms with E-state index in [9.17, 15) is 10.2 Å². The minimum atomic E-state index is -0.416. The summed E-state index contributed by atoms with van der Waals surface area (Å²) in [6.45, 7) is 8.06. The number of hydrogen-bond acceptors (Lipinski definition) is 4. The topological polar surface area (TPSA) is 40.5 Å². The molecule has 18 heavy (non-hydrogen) atoms. The smallest absolute Gasteiger partial charge is 0.0634 e. The Morgan fingerprint density at radius 1 is 1.33 bits per heavy atom. The minimum absolute atomic E-state index is 0.00712. The van der Waals surface area contributed by atoms with Gasteiger partial charge in [-0.05, 0) is 36.2 Å². The molecule has 0 aromatic rings. The lowest BCUT2D eigenvalue weighted by atomic mass is 9.87. The largest absolute Gasteiger partial charge is 0.396 e. The molecular formula is C14H26O2S2. The average Bonchev–Trinajstić information content (AvgIpc) is 2.40. The van der Waals surface area contributed by atoms with Gasteiger partial charge in [-0.2, -0.15) is 0 Å². The van der Waals surface area contributed by atoms with Crippen LogP contribution < -0.4 is 0 Å². The van der Waals surface area contributed by atoms with E-state index < -0.39 is 6.10 Å². The average molecular weight is 290 g/mol. The van der Waals surface area contributed by atoms with Gasteiger partial charge in [-0.25, -0.2) is 0 Å². The molecule has 0 saturated carbocycles. The zero-order chi connectivity index (χ0) is 13.5. The quantitative estimate of drug-likeness (QED) is 0.707. The van der Waals surface area contributed by atoms with E-state index >= 15 is 0 Å². The van der Waals surface area contributed by atoms with E-state index in [0.29, 0.717) is 10.5 Å². The number of thioether (sulfide) groups is 2. The van der Waals surface area contributed by atoms with Gasteiger partial charge in [0, 0.05) is 5.92 Å². The third-order valence-electron chi connectivity index (χ3n) is 3.58. The highest BCUT2D eigenvalue weighted by molar-refractivity contribution is 8.17. The zero-order valence-electron chi connectivity index (χ0n) is 11.4. The summed E-state index contributed by atoms with van der Waals surface area (Å²) < 4.78 is 0.347. The molecule has 1 aliphatic heterocycles. The summed E-state index contributed by atoms with van der Waals surface area (Å²) in [6, 6.07) is 0. The maximum atomic E-state index is 10.5. The van der Waals surface area contributed by atoms with E-state index in [1.807, 2.05) is 29.6 Å². The van der Waals surface area contributed by atoms with Crippen LogP contribution in [0.1, 0.15) is 26.7 Å². The van der Waals surface area contributed by atoms with Crippen molar-refractivity contribution in [3.05, 3.63) is 12.7 Å². The van der Waals surface area contributed by atoms with E-state index in [1.165, 1.54) is 6.42 Å². The molecule has 0 unspecified atom stereocenters. The number of aliphatic hydroxyl groups excluding tert-OH is 2. The first-order chi connectivity index (χ1) is 8.60. The Morgan fingerprint density at radius 3 is 2.44 bits per heavy atom. The standard InChI is InChI=1S/C14H26O2S2/c1-4-10(2)8-11(3)13(16)12(9-15)14-17-6-5-7-18-14/h4,10-16H,1,5-9H2,2-3H3/t10-,11-,12+,13-/m1/s1. The van der Waals surface area contributed by atoms with Crippen LogP contribution in [0.15, 0.2) is 12.7 Å². The van der Waals surface area contributed by atoms with E-state index in [1.54, 1.807) is 0 Å². The van der Waals surface area contributed by atoms with Gasteiger partial charge in [-0.15, -0.1) is 30.1 Å². The van der Waals surface area contributed by atoms with Crippen molar-refractivity contribution >= 4 is 23.5 Å². The molecule has 0 aromatic heterocycles. The first-order valence-corrected chi connectivity index (χ1v) is 8.84. The van der Waals surface area contributed by atoms with Crippen LogP contribution in [0.5, 0.6) is 0 Å². The summed E-state index contributed by atoms with van der Waals surface area (Å²) in [7, 11) is 0. The summed E-state index contributed by atoms with van der Waals surface area (Å²) in [5, 5.41) is 20.0. The summed E-state index contributed by atoms with van der Waals surface area (Å²) >= 11 is 3.78. The van der Waals surface area contributed by atoms with Crippen molar-refractivity contribution in [3.63, 3.8) is 0 Å². The molecule has 0 spiro atoms. The fourth-order valence-electron chi connectivity index (χ4n) is 2.35. The Morgan fingerprint density at radius 2 is 1.94 bits per heavy atom. The molecule has 2 N–H and O–H groups in total. The number of hydrogen-bond donors (Lipinski definition) is 2. The third-order valence-corrected chi connectivity index (χ3v) is 6.80. The highest BCUT2D eigenvalue weighted by Crippen LogP contribution is 2.39. The van der Waals surface area contributed by atoms with E-state index in [0.717, 1.165) is 17.9 Å². The van der Waals surface area contributed by atoms with Gasteiger partial charge in [-0.1, -0.05) is 19.9 Å². The van der Waals surface area contributed by atoms with Crippen molar-refractivity contribution in [2.24, 2.45) is 17.8 Å². The molecule has 0 amide bonds. The number of rotatable bonds is 7. The Hall–Kier alpha value is 0.360. The van der Waals surface area contributed by atoms with Crippen LogP contribution in [-0.4, -0.2) is 39.0 Å². The van der Waals surface area contributed by atoms with Crippen molar-refractivity contribution in [2.75, 3.05) is 18.1 Å². The molecular weight excluding hydrogens is 264 g/mol. The first kappa shape index (κ1) is 16.4. The number of aliphatic hydroxyl groups is 2. The summed E-state index contributed by atoms with van der Waals surface area (Å²) in [6.07, 6.45) is 3.69. The van der Waals surface area contributed by atoms with Gasteiger partial charge < -0.3 is 10.2 Å². The van der Waals surface area contributed by atoms with Crippen LogP contribution in [-0.2, 0) is 0 Å². The van der Waals surface area contributed by atoms with Gasteiger partial charge in [0.2, 0.25) is 0 Å². The molecule has 2 nitrogen and oxygen atoms in total. The highest BCUT2D eigenvalue weighted by atomic mass is 32.2. The summed E-state index contributed by atoms with van der Waals surface area (Å²) in [5.74, 6) is 2.92. The van der Waals surface area contributed by atoms with E-state index in [2.05, 4.69) is 20.4 Å². The SMILES string of the molecule is C=C[C@@H](C)C[C@@H](C)[C@@H](O)[C@H](CO)C1SCCCS1. The number of allylic oxidation sites excluding steroid dienone is 1. The van der Waals surface area contributed by atoms with Gasteiger partial charge in [-0.3, -0.25) is 0 Å². The Balaban J connectivity index is 2.53. The molecule has 0 bridgehead atoms. The van der Waals surface area contributed by atoms with E-state index in [-0.39, 0.29) is 18.4 Å². The second kappa shape index (κ2) is 8.51. The third kappa shape index (κ3) is 4.80. The molecule has 4 atom stereocenters.